The Bertz CT molecular complexity index is 733. The number of cyclic esters (lactones) is 1. The van der Waals surface area contributed by atoms with Gasteiger partial charge in [-0.05, 0) is 32.8 Å². The molecule has 154 valence electrons. The van der Waals surface area contributed by atoms with Crippen LogP contribution in [0.4, 0.5) is 0 Å². The highest BCUT2D eigenvalue weighted by molar-refractivity contribution is 5.80. The fourth-order valence-corrected chi connectivity index (χ4v) is 4.67. The van der Waals surface area contributed by atoms with Crippen molar-refractivity contribution in [1.82, 2.24) is 19.6 Å². The smallest absolute Gasteiger partial charge is 0.312 e. The highest BCUT2D eigenvalue weighted by Crippen LogP contribution is 2.43. The number of piperidine rings is 1. The lowest BCUT2D eigenvalue weighted by atomic mass is 9.76. The number of morpholine rings is 1. The number of hydrogen-bond acceptors (Lipinski definition) is 6. The van der Waals surface area contributed by atoms with Gasteiger partial charge in [0.1, 0.15) is 12.6 Å². The molecular formula is C20H30N4O4. The van der Waals surface area contributed by atoms with Crippen molar-refractivity contribution < 1.29 is 19.1 Å². The number of aromatic nitrogens is 2. The summed E-state index contributed by atoms with van der Waals surface area (Å²) >= 11 is 0. The molecule has 0 saturated carbocycles. The van der Waals surface area contributed by atoms with Crippen LogP contribution in [-0.4, -0.2) is 83.5 Å². The van der Waals surface area contributed by atoms with Gasteiger partial charge in [-0.15, -0.1) is 0 Å². The van der Waals surface area contributed by atoms with Crippen molar-refractivity contribution in [3.63, 3.8) is 0 Å². The predicted molar refractivity (Wildman–Crippen MR) is 102 cm³/mol. The molecule has 1 amide bonds. The molecule has 4 heterocycles. The van der Waals surface area contributed by atoms with Crippen LogP contribution in [0.1, 0.15) is 30.7 Å². The largest absolute Gasteiger partial charge is 0.461 e. The summed E-state index contributed by atoms with van der Waals surface area (Å²) in [5, 5.41) is 4.37. The van der Waals surface area contributed by atoms with Crippen LogP contribution < -0.4 is 0 Å². The highest BCUT2D eigenvalue weighted by Gasteiger charge is 2.51. The molecule has 0 radical (unpaired) electrons. The third-order valence-electron chi connectivity index (χ3n) is 6.35. The van der Waals surface area contributed by atoms with Gasteiger partial charge in [0.25, 0.3) is 0 Å². The molecule has 0 bridgehead atoms. The summed E-state index contributed by atoms with van der Waals surface area (Å²) in [5.74, 6) is -0.00585. The Morgan fingerprint density at radius 2 is 1.93 bits per heavy atom. The Balaban J connectivity index is 1.30. The van der Waals surface area contributed by atoms with Gasteiger partial charge in [-0.25, -0.2) is 0 Å². The predicted octanol–water partition coefficient (Wildman–Crippen LogP) is 0.756. The van der Waals surface area contributed by atoms with E-state index in [1.165, 1.54) is 0 Å². The minimum atomic E-state index is -0.411. The first kappa shape index (κ1) is 19.4. The van der Waals surface area contributed by atoms with Crippen molar-refractivity contribution in [3.8, 4) is 0 Å². The summed E-state index contributed by atoms with van der Waals surface area (Å²) in [7, 11) is 0. The van der Waals surface area contributed by atoms with E-state index in [0.29, 0.717) is 25.9 Å². The van der Waals surface area contributed by atoms with Gasteiger partial charge in [0.15, 0.2) is 0 Å². The first-order chi connectivity index (χ1) is 13.4. The molecule has 1 unspecified atom stereocenters. The fraction of sp³-hybridized carbons (Fsp3) is 0.750. The lowest BCUT2D eigenvalue weighted by Crippen LogP contribution is -2.46. The Hall–Kier alpha value is -1.93. The lowest BCUT2D eigenvalue weighted by molar-refractivity contribution is -0.153. The SMILES string of the molecule is Cc1cc(C)n(CC(=O)N2CCC3(CC2)CC(CN2CCOCC2)OC3=O)n1. The molecule has 1 atom stereocenters. The second kappa shape index (κ2) is 7.83. The van der Waals surface area contributed by atoms with Crippen LogP contribution in [0.25, 0.3) is 0 Å². The molecule has 1 aromatic rings. The van der Waals surface area contributed by atoms with Gasteiger partial charge in [-0.2, -0.15) is 5.10 Å². The third-order valence-corrected chi connectivity index (χ3v) is 6.35. The zero-order valence-corrected chi connectivity index (χ0v) is 16.9. The van der Waals surface area contributed by atoms with E-state index in [1.54, 1.807) is 4.68 Å². The molecule has 0 aromatic carbocycles. The molecule has 4 rings (SSSR count). The standard InChI is InChI=1S/C20H30N4O4/c1-15-11-16(2)24(21-15)14-18(25)23-5-3-20(4-6-23)12-17(28-19(20)26)13-22-7-9-27-10-8-22/h11,17H,3-10,12-14H2,1-2H3. The normalized spacial score (nSPS) is 25.3. The molecule has 8 nitrogen and oxygen atoms in total. The average Bonchev–Trinajstić information content (AvgIpc) is 3.14. The van der Waals surface area contributed by atoms with E-state index in [2.05, 4.69) is 10.00 Å². The van der Waals surface area contributed by atoms with Crippen LogP contribution in [0.15, 0.2) is 6.07 Å². The molecule has 3 aliphatic heterocycles. The summed E-state index contributed by atoms with van der Waals surface area (Å²) in [4.78, 5) is 29.5. The maximum Gasteiger partial charge on any atom is 0.312 e. The van der Waals surface area contributed by atoms with Crippen LogP contribution in [0.3, 0.4) is 0 Å². The zero-order valence-electron chi connectivity index (χ0n) is 16.9. The Labute approximate surface area is 165 Å². The number of rotatable bonds is 4. The Morgan fingerprint density at radius 1 is 1.21 bits per heavy atom. The molecular weight excluding hydrogens is 360 g/mol. The maximum atomic E-state index is 12.7. The fourth-order valence-electron chi connectivity index (χ4n) is 4.67. The van der Waals surface area contributed by atoms with Crippen molar-refractivity contribution >= 4 is 11.9 Å². The number of amides is 1. The summed E-state index contributed by atoms with van der Waals surface area (Å²) < 4.78 is 12.9. The van der Waals surface area contributed by atoms with Crippen LogP contribution >= 0.6 is 0 Å². The van der Waals surface area contributed by atoms with Gasteiger partial charge in [0.2, 0.25) is 5.91 Å². The summed E-state index contributed by atoms with van der Waals surface area (Å²) in [6, 6.07) is 1.97. The van der Waals surface area contributed by atoms with Crippen LogP contribution in [-0.2, 0) is 25.6 Å². The Kier molecular flexibility index (Phi) is 5.42. The van der Waals surface area contributed by atoms with Gasteiger partial charge >= 0.3 is 5.97 Å². The highest BCUT2D eigenvalue weighted by atomic mass is 16.6. The molecule has 1 spiro atoms. The second-order valence-electron chi connectivity index (χ2n) is 8.39. The van der Waals surface area contributed by atoms with Gasteiger partial charge in [0, 0.05) is 44.8 Å². The zero-order chi connectivity index (χ0) is 19.7. The number of ether oxygens (including phenoxy) is 2. The molecule has 3 saturated heterocycles. The summed E-state index contributed by atoms with van der Waals surface area (Å²) in [5.41, 5.74) is 1.50. The van der Waals surface area contributed by atoms with E-state index >= 15 is 0 Å². The number of esters is 1. The molecule has 0 N–H and O–H groups in total. The number of likely N-dealkylation sites (tertiary alicyclic amines) is 1. The Morgan fingerprint density at radius 3 is 2.57 bits per heavy atom. The van der Waals surface area contributed by atoms with Crippen LogP contribution in [0.5, 0.6) is 0 Å². The van der Waals surface area contributed by atoms with Gasteiger partial charge in [-0.1, -0.05) is 0 Å². The summed E-state index contributed by atoms with van der Waals surface area (Å²) in [6.45, 7) is 9.45. The van der Waals surface area contributed by atoms with Crippen molar-refractivity contribution in [1.29, 1.82) is 0 Å². The molecule has 28 heavy (non-hydrogen) atoms. The molecule has 8 heteroatoms. The number of nitrogens with zero attached hydrogens (tertiary/aromatic N) is 4. The summed E-state index contributed by atoms with van der Waals surface area (Å²) in [6.07, 6.45) is 2.10. The number of hydrogen-bond donors (Lipinski definition) is 0. The van der Waals surface area contributed by atoms with Gasteiger partial charge in [0.05, 0.1) is 24.3 Å². The first-order valence-electron chi connectivity index (χ1n) is 10.3. The number of carbonyl (C=O) groups excluding carboxylic acids is 2. The van der Waals surface area contributed by atoms with Gasteiger partial charge in [-0.3, -0.25) is 19.2 Å². The number of carbonyl (C=O) groups is 2. The van der Waals surface area contributed by atoms with Crippen molar-refractivity contribution in [2.75, 3.05) is 45.9 Å². The number of aryl methyl sites for hydroxylation is 2. The van der Waals surface area contributed by atoms with E-state index in [1.807, 2.05) is 24.8 Å². The average molecular weight is 390 g/mol. The topological polar surface area (TPSA) is 76.9 Å². The minimum Gasteiger partial charge on any atom is -0.461 e. The molecule has 1 aromatic heterocycles. The molecule has 0 aliphatic carbocycles. The monoisotopic (exact) mass is 390 g/mol. The molecule has 3 aliphatic rings. The van der Waals surface area contributed by atoms with Gasteiger partial charge < -0.3 is 14.4 Å². The minimum absolute atomic E-state index is 0.0393. The van der Waals surface area contributed by atoms with E-state index in [9.17, 15) is 9.59 Å². The van der Waals surface area contributed by atoms with E-state index < -0.39 is 5.41 Å². The van der Waals surface area contributed by atoms with Crippen molar-refractivity contribution in [3.05, 3.63) is 17.5 Å². The van der Waals surface area contributed by atoms with Crippen LogP contribution in [0, 0.1) is 19.3 Å². The first-order valence-corrected chi connectivity index (χ1v) is 10.3. The lowest BCUT2D eigenvalue weighted by Gasteiger charge is -2.36. The van der Waals surface area contributed by atoms with Crippen molar-refractivity contribution in [2.45, 2.75) is 45.8 Å². The second-order valence-corrected chi connectivity index (χ2v) is 8.39. The quantitative estimate of drug-likeness (QED) is 0.707. The van der Waals surface area contributed by atoms with E-state index in [-0.39, 0.29) is 24.5 Å². The van der Waals surface area contributed by atoms with Crippen LogP contribution in [0.2, 0.25) is 0 Å². The van der Waals surface area contributed by atoms with E-state index in [0.717, 1.165) is 50.7 Å². The van der Waals surface area contributed by atoms with E-state index in [4.69, 9.17) is 9.47 Å². The maximum absolute atomic E-state index is 12.7. The van der Waals surface area contributed by atoms with Crippen molar-refractivity contribution in [2.24, 2.45) is 5.41 Å². The third kappa shape index (κ3) is 3.93. The molecule has 3 fully saturated rings.